The molecule has 0 aromatic heterocycles. The Balaban J connectivity index is 1.50. The van der Waals surface area contributed by atoms with Crippen molar-refractivity contribution in [1.29, 1.82) is 0 Å². The highest BCUT2D eigenvalue weighted by Crippen LogP contribution is 2.22. The van der Waals surface area contributed by atoms with Crippen molar-refractivity contribution in [3.8, 4) is 11.5 Å². The molecular weight excluding hydrogens is 368 g/mol. The molecule has 0 unspecified atom stereocenters. The largest absolute Gasteiger partial charge is 0.457 e. The predicted octanol–water partition coefficient (Wildman–Crippen LogP) is 3.17. The summed E-state index contributed by atoms with van der Waals surface area (Å²) in [6, 6.07) is 16.9. The van der Waals surface area contributed by atoms with Crippen LogP contribution >= 0.6 is 0 Å². The first kappa shape index (κ1) is 19.5. The fourth-order valence-electron chi connectivity index (χ4n) is 3.48. The van der Waals surface area contributed by atoms with E-state index in [1.165, 1.54) is 0 Å². The number of allylic oxidation sites excluding steroid dienone is 1. The molecule has 0 atom stereocenters. The van der Waals surface area contributed by atoms with Crippen LogP contribution in [0.25, 0.3) is 0 Å². The normalized spacial score (nSPS) is 17.0. The minimum absolute atomic E-state index is 0.00996. The summed E-state index contributed by atoms with van der Waals surface area (Å²) in [7, 11) is 0. The SMILES string of the molecule is O=C(C=C(N1CCOCC1)N1CCOCC1)c1ccc(Oc2ccccc2)cc1. The van der Waals surface area contributed by atoms with Crippen molar-refractivity contribution < 1.29 is 19.0 Å². The Kier molecular flexibility index (Phi) is 6.44. The van der Waals surface area contributed by atoms with E-state index in [0.717, 1.165) is 37.7 Å². The number of nitrogens with zero attached hydrogens (tertiary/aromatic N) is 2. The number of benzene rings is 2. The molecule has 0 aliphatic carbocycles. The highest BCUT2D eigenvalue weighted by atomic mass is 16.5. The van der Waals surface area contributed by atoms with Crippen LogP contribution in [0.1, 0.15) is 10.4 Å². The highest BCUT2D eigenvalue weighted by Gasteiger charge is 2.22. The van der Waals surface area contributed by atoms with Crippen molar-refractivity contribution in [2.75, 3.05) is 52.6 Å². The lowest BCUT2D eigenvalue weighted by molar-refractivity contribution is 0.00840. The number of hydrogen-bond donors (Lipinski definition) is 0. The third kappa shape index (κ3) is 5.16. The Morgan fingerprint density at radius 1 is 0.759 bits per heavy atom. The van der Waals surface area contributed by atoms with Gasteiger partial charge in [-0.2, -0.15) is 0 Å². The number of ketones is 1. The van der Waals surface area contributed by atoms with Gasteiger partial charge in [0.25, 0.3) is 0 Å². The number of hydrogen-bond acceptors (Lipinski definition) is 6. The van der Waals surface area contributed by atoms with Crippen molar-refractivity contribution in [2.24, 2.45) is 0 Å². The molecule has 0 spiro atoms. The fraction of sp³-hybridized carbons (Fsp3) is 0.348. The van der Waals surface area contributed by atoms with Crippen LogP contribution in [0.3, 0.4) is 0 Å². The topological polar surface area (TPSA) is 51.2 Å². The molecule has 2 aliphatic rings. The van der Waals surface area contributed by atoms with Gasteiger partial charge in [0.1, 0.15) is 17.3 Å². The minimum Gasteiger partial charge on any atom is -0.457 e. The Hall–Kier alpha value is -2.83. The Morgan fingerprint density at radius 2 is 1.28 bits per heavy atom. The van der Waals surface area contributed by atoms with Crippen molar-refractivity contribution in [1.82, 2.24) is 9.80 Å². The number of carbonyl (C=O) groups is 1. The van der Waals surface area contributed by atoms with E-state index in [0.29, 0.717) is 37.7 Å². The van der Waals surface area contributed by atoms with Gasteiger partial charge in [-0.05, 0) is 36.4 Å². The Labute approximate surface area is 171 Å². The van der Waals surface area contributed by atoms with E-state index in [1.807, 2.05) is 54.6 Å². The van der Waals surface area contributed by atoms with E-state index in [-0.39, 0.29) is 5.78 Å². The second-order valence-electron chi connectivity index (χ2n) is 7.01. The van der Waals surface area contributed by atoms with E-state index in [4.69, 9.17) is 14.2 Å². The Bertz CT molecular complexity index is 804. The summed E-state index contributed by atoms with van der Waals surface area (Å²) in [5.74, 6) is 2.43. The van der Waals surface area contributed by atoms with Gasteiger partial charge < -0.3 is 24.0 Å². The molecule has 6 heteroatoms. The number of rotatable bonds is 6. The number of morpholine rings is 2. The molecule has 4 rings (SSSR count). The molecule has 2 fully saturated rings. The summed E-state index contributed by atoms with van der Waals surface area (Å²) in [4.78, 5) is 17.4. The molecule has 0 saturated carbocycles. The van der Waals surface area contributed by atoms with Gasteiger partial charge >= 0.3 is 0 Å². The van der Waals surface area contributed by atoms with Gasteiger partial charge in [0.2, 0.25) is 0 Å². The lowest BCUT2D eigenvalue weighted by Crippen LogP contribution is -2.46. The summed E-state index contributed by atoms with van der Waals surface area (Å²) >= 11 is 0. The van der Waals surface area contributed by atoms with Crippen LogP contribution in [0, 0.1) is 0 Å². The molecule has 0 amide bonds. The molecule has 0 bridgehead atoms. The van der Waals surface area contributed by atoms with Crippen molar-refractivity contribution in [3.05, 3.63) is 72.1 Å². The van der Waals surface area contributed by atoms with Crippen LogP contribution in [-0.4, -0.2) is 68.2 Å². The van der Waals surface area contributed by atoms with Crippen LogP contribution in [0.4, 0.5) is 0 Å². The zero-order chi connectivity index (χ0) is 19.9. The quantitative estimate of drug-likeness (QED) is 0.554. The summed E-state index contributed by atoms with van der Waals surface area (Å²) in [5, 5.41) is 0. The molecule has 152 valence electrons. The van der Waals surface area contributed by atoms with Crippen LogP contribution in [0.2, 0.25) is 0 Å². The molecule has 2 aromatic rings. The molecule has 0 N–H and O–H groups in total. The van der Waals surface area contributed by atoms with Gasteiger partial charge in [0.05, 0.1) is 26.4 Å². The van der Waals surface area contributed by atoms with Crippen LogP contribution in [-0.2, 0) is 9.47 Å². The third-order valence-electron chi connectivity index (χ3n) is 5.05. The summed E-state index contributed by atoms with van der Waals surface area (Å²) in [5.41, 5.74) is 0.643. The van der Waals surface area contributed by atoms with E-state index in [9.17, 15) is 4.79 Å². The smallest absolute Gasteiger partial charge is 0.189 e. The van der Waals surface area contributed by atoms with E-state index in [2.05, 4.69) is 9.80 Å². The average molecular weight is 394 g/mol. The van der Waals surface area contributed by atoms with Crippen LogP contribution in [0.15, 0.2) is 66.5 Å². The predicted molar refractivity (Wildman–Crippen MR) is 110 cm³/mol. The van der Waals surface area contributed by atoms with E-state index < -0.39 is 0 Å². The maximum atomic E-state index is 13.0. The van der Waals surface area contributed by atoms with E-state index in [1.54, 1.807) is 6.08 Å². The summed E-state index contributed by atoms with van der Waals surface area (Å²) < 4.78 is 16.8. The maximum absolute atomic E-state index is 13.0. The molecule has 0 radical (unpaired) electrons. The molecular formula is C23H26N2O4. The Morgan fingerprint density at radius 3 is 1.83 bits per heavy atom. The number of carbonyl (C=O) groups excluding carboxylic acids is 1. The number of para-hydroxylation sites is 1. The first-order chi connectivity index (χ1) is 14.3. The minimum atomic E-state index is -0.00996. The molecule has 2 saturated heterocycles. The highest BCUT2D eigenvalue weighted by molar-refractivity contribution is 6.04. The van der Waals surface area contributed by atoms with Gasteiger partial charge in [-0.1, -0.05) is 18.2 Å². The first-order valence-electron chi connectivity index (χ1n) is 10.0. The fourth-order valence-corrected chi connectivity index (χ4v) is 3.48. The van der Waals surface area contributed by atoms with Gasteiger partial charge in [-0.25, -0.2) is 0 Å². The average Bonchev–Trinajstić information content (AvgIpc) is 2.80. The molecule has 2 aromatic carbocycles. The summed E-state index contributed by atoms with van der Waals surface area (Å²) in [6.07, 6.45) is 1.75. The lowest BCUT2D eigenvalue weighted by atomic mass is 10.1. The van der Waals surface area contributed by atoms with Gasteiger partial charge in [0.15, 0.2) is 5.78 Å². The molecule has 2 aliphatic heterocycles. The zero-order valence-corrected chi connectivity index (χ0v) is 16.5. The monoisotopic (exact) mass is 394 g/mol. The lowest BCUT2D eigenvalue weighted by Gasteiger charge is -2.39. The van der Waals surface area contributed by atoms with Crippen molar-refractivity contribution >= 4 is 5.78 Å². The van der Waals surface area contributed by atoms with Crippen LogP contribution in [0.5, 0.6) is 11.5 Å². The van der Waals surface area contributed by atoms with Crippen LogP contribution < -0.4 is 4.74 Å². The standard InChI is InChI=1S/C23H26N2O4/c26-22(19-6-8-21(9-7-19)29-20-4-2-1-3-5-20)18-23(24-10-14-27-15-11-24)25-12-16-28-17-13-25/h1-9,18H,10-17H2. The maximum Gasteiger partial charge on any atom is 0.189 e. The van der Waals surface area contributed by atoms with Gasteiger partial charge in [-0.3, -0.25) is 4.79 Å². The van der Waals surface area contributed by atoms with Crippen molar-refractivity contribution in [3.63, 3.8) is 0 Å². The van der Waals surface area contributed by atoms with E-state index >= 15 is 0 Å². The number of ether oxygens (including phenoxy) is 3. The second kappa shape index (κ2) is 9.58. The van der Waals surface area contributed by atoms with Gasteiger partial charge in [-0.15, -0.1) is 0 Å². The van der Waals surface area contributed by atoms with Crippen molar-refractivity contribution in [2.45, 2.75) is 0 Å². The zero-order valence-electron chi connectivity index (χ0n) is 16.5. The van der Waals surface area contributed by atoms with Gasteiger partial charge in [0, 0.05) is 37.8 Å². The molecule has 2 heterocycles. The first-order valence-corrected chi connectivity index (χ1v) is 10.0. The third-order valence-corrected chi connectivity index (χ3v) is 5.05. The second-order valence-corrected chi connectivity index (χ2v) is 7.01. The molecule has 29 heavy (non-hydrogen) atoms. The molecule has 6 nitrogen and oxygen atoms in total. The summed E-state index contributed by atoms with van der Waals surface area (Å²) in [6.45, 7) is 5.90.